The Morgan fingerprint density at radius 3 is 2.48 bits per heavy atom. The number of para-hydroxylation sites is 1. The molecule has 0 bridgehead atoms. The summed E-state index contributed by atoms with van der Waals surface area (Å²) in [7, 11) is 0. The van der Waals surface area contributed by atoms with Crippen LogP contribution in [-0.4, -0.2) is 24.3 Å². The van der Waals surface area contributed by atoms with Crippen LogP contribution in [0, 0.1) is 5.82 Å². The highest BCUT2D eigenvalue weighted by Crippen LogP contribution is 2.25. The third-order valence-electron chi connectivity index (χ3n) is 2.68. The third-order valence-corrected chi connectivity index (χ3v) is 2.68. The summed E-state index contributed by atoms with van der Waals surface area (Å²) in [4.78, 5) is 10.7. The summed E-state index contributed by atoms with van der Waals surface area (Å²) in [5.74, 6) is -1.48. The van der Waals surface area contributed by atoms with Gasteiger partial charge in [0.05, 0.1) is 11.3 Å². The molecule has 3 N–H and O–H groups in total. The third kappa shape index (κ3) is 3.85. The number of ether oxygens (including phenoxy) is 2. The Balaban J connectivity index is 1.92. The number of nitrogen functional groups attached to an aromatic ring is 1. The standard InChI is InChI=1S/C15H14FNO4/c16-12-9-14(13(17)8-11(12)15(18)19)21-7-6-20-10-4-2-1-3-5-10/h1-5,8-9H,6-7,17H2,(H,18,19). The predicted molar refractivity (Wildman–Crippen MR) is 75.2 cm³/mol. The van der Waals surface area contributed by atoms with Gasteiger partial charge in [-0.15, -0.1) is 0 Å². The van der Waals surface area contributed by atoms with Gasteiger partial charge in [0.1, 0.15) is 30.5 Å². The number of hydrogen-bond acceptors (Lipinski definition) is 4. The van der Waals surface area contributed by atoms with Crippen molar-refractivity contribution < 1.29 is 23.8 Å². The summed E-state index contributed by atoms with van der Waals surface area (Å²) in [6.45, 7) is 0.413. The summed E-state index contributed by atoms with van der Waals surface area (Å²) in [6, 6.07) is 11.1. The summed E-state index contributed by atoms with van der Waals surface area (Å²) in [6.07, 6.45) is 0. The Kier molecular flexibility index (Phi) is 4.61. The van der Waals surface area contributed by atoms with Gasteiger partial charge < -0.3 is 20.3 Å². The predicted octanol–water partition coefficient (Wildman–Crippen LogP) is 2.56. The van der Waals surface area contributed by atoms with Crippen LogP contribution >= 0.6 is 0 Å². The Bertz CT molecular complexity index is 631. The largest absolute Gasteiger partial charge is 0.490 e. The van der Waals surface area contributed by atoms with E-state index in [0.29, 0.717) is 5.75 Å². The fraction of sp³-hybridized carbons (Fsp3) is 0.133. The molecule has 0 radical (unpaired) electrons. The van der Waals surface area contributed by atoms with Gasteiger partial charge >= 0.3 is 5.97 Å². The van der Waals surface area contributed by atoms with E-state index < -0.39 is 17.3 Å². The van der Waals surface area contributed by atoms with Gasteiger partial charge in [0.2, 0.25) is 0 Å². The fourth-order valence-corrected chi connectivity index (χ4v) is 1.69. The van der Waals surface area contributed by atoms with Crippen molar-refractivity contribution in [3.8, 4) is 11.5 Å². The SMILES string of the molecule is Nc1cc(C(=O)O)c(F)cc1OCCOc1ccccc1. The van der Waals surface area contributed by atoms with E-state index in [4.69, 9.17) is 20.3 Å². The molecule has 2 rings (SSSR count). The van der Waals surface area contributed by atoms with Gasteiger partial charge in [0, 0.05) is 6.07 Å². The average Bonchev–Trinajstić information content (AvgIpc) is 2.47. The summed E-state index contributed by atoms with van der Waals surface area (Å²) in [5.41, 5.74) is 5.20. The zero-order chi connectivity index (χ0) is 15.2. The monoisotopic (exact) mass is 291 g/mol. The van der Waals surface area contributed by atoms with E-state index in [2.05, 4.69) is 0 Å². The zero-order valence-electron chi connectivity index (χ0n) is 11.1. The van der Waals surface area contributed by atoms with E-state index in [-0.39, 0.29) is 24.7 Å². The molecule has 0 atom stereocenters. The molecule has 0 aliphatic rings. The van der Waals surface area contributed by atoms with E-state index in [0.717, 1.165) is 12.1 Å². The Hall–Kier alpha value is -2.76. The molecule has 0 unspecified atom stereocenters. The van der Waals surface area contributed by atoms with E-state index in [1.807, 2.05) is 18.2 Å². The molecule has 0 heterocycles. The van der Waals surface area contributed by atoms with Crippen molar-refractivity contribution in [2.24, 2.45) is 0 Å². The molecule has 5 nitrogen and oxygen atoms in total. The van der Waals surface area contributed by atoms with Crippen LogP contribution in [0.3, 0.4) is 0 Å². The van der Waals surface area contributed by atoms with Crippen molar-refractivity contribution in [2.75, 3.05) is 18.9 Å². The lowest BCUT2D eigenvalue weighted by atomic mass is 10.2. The van der Waals surface area contributed by atoms with Gasteiger partial charge in [-0.3, -0.25) is 0 Å². The first-order valence-corrected chi connectivity index (χ1v) is 6.21. The van der Waals surface area contributed by atoms with Crippen molar-refractivity contribution in [3.63, 3.8) is 0 Å². The first-order chi connectivity index (χ1) is 10.1. The number of carboxylic acids is 1. The minimum absolute atomic E-state index is 0.0634. The first-order valence-electron chi connectivity index (χ1n) is 6.21. The lowest BCUT2D eigenvalue weighted by molar-refractivity contribution is 0.0692. The second kappa shape index (κ2) is 6.60. The maximum absolute atomic E-state index is 13.5. The average molecular weight is 291 g/mol. The highest BCUT2D eigenvalue weighted by molar-refractivity contribution is 5.89. The minimum atomic E-state index is -1.38. The van der Waals surface area contributed by atoms with Crippen LogP contribution in [-0.2, 0) is 0 Å². The molecule has 0 fully saturated rings. The molecular weight excluding hydrogens is 277 g/mol. The molecule has 0 saturated heterocycles. The molecule has 2 aromatic carbocycles. The Morgan fingerprint density at radius 2 is 1.81 bits per heavy atom. The van der Waals surface area contributed by atoms with E-state index in [9.17, 15) is 9.18 Å². The molecule has 0 aliphatic carbocycles. The normalized spacial score (nSPS) is 10.1. The highest BCUT2D eigenvalue weighted by atomic mass is 19.1. The quantitative estimate of drug-likeness (QED) is 0.631. The number of halogens is 1. The van der Waals surface area contributed by atoms with Crippen LogP contribution in [0.1, 0.15) is 10.4 Å². The molecule has 110 valence electrons. The van der Waals surface area contributed by atoms with Crippen LogP contribution in [0.15, 0.2) is 42.5 Å². The lowest BCUT2D eigenvalue weighted by Crippen LogP contribution is -2.11. The van der Waals surface area contributed by atoms with Crippen molar-refractivity contribution in [2.45, 2.75) is 0 Å². The second-order valence-electron chi connectivity index (χ2n) is 4.19. The maximum Gasteiger partial charge on any atom is 0.338 e. The van der Waals surface area contributed by atoms with Crippen molar-refractivity contribution >= 4 is 11.7 Å². The first kappa shape index (κ1) is 14.6. The summed E-state index contributed by atoms with van der Waals surface area (Å²) < 4.78 is 24.2. The van der Waals surface area contributed by atoms with Gasteiger partial charge in [-0.1, -0.05) is 18.2 Å². The number of anilines is 1. The smallest absolute Gasteiger partial charge is 0.338 e. The second-order valence-corrected chi connectivity index (χ2v) is 4.19. The van der Waals surface area contributed by atoms with E-state index in [1.54, 1.807) is 12.1 Å². The molecular formula is C15H14FNO4. The highest BCUT2D eigenvalue weighted by Gasteiger charge is 2.14. The topological polar surface area (TPSA) is 81.8 Å². The Morgan fingerprint density at radius 1 is 1.14 bits per heavy atom. The molecule has 0 saturated carbocycles. The van der Waals surface area contributed by atoms with Crippen molar-refractivity contribution in [1.29, 1.82) is 0 Å². The molecule has 0 aliphatic heterocycles. The number of nitrogens with two attached hydrogens (primary N) is 1. The summed E-state index contributed by atoms with van der Waals surface area (Å²) in [5, 5.41) is 8.76. The fourth-order valence-electron chi connectivity index (χ4n) is 1.69. The van der Waals surface area contributed by atoms with Gasteiger partial charge in [0.15, 0.2) is 0 Å². The number of carboxylic acid groups (broad SMARTS) is 1. The number of rotatable bonds is 6. The van der Waals surface area contributed by atoms with E-state index >= 15 is 0 Å². The number of hydrogen-bond donors (Lipinski definition) is 2. The lowest BCUT2D eigenvalue weighted by Gasteiger charge is -2.11. The van der Waals surface area contributed by atoms with Gasteiger partial charge in [-0.25, -0.2) is 9.18 Å². The van der Waals surface area contributed by atoms with Crippen LogP contribution in [0.2, 0.25) is 0 Å². The van der Waals surface area contributed by atoms with Crippen LogP contribution in [0.4, 0.5) is 10.1 Å². The number of benzene rings is 2. The number of aromatic carboxylic acids is 1. The van der Waals surface area contributed by atoms with Crippen LogP contribution in [0.25, 0.3) is 0 Å². The van der Waals surface area contributed by atoms with E-state index in [1.165, 1.54) is 0 Å². The number of carbonyl (C=O) groups is 1. The Labute approximate surface area is 120 Å². The zero-order valence-corrected chi connectivity index (χ0v) is 11.1. The molecule has 21 heavy (non-hydrogen) atoms. The van der Waals surface area contributed by atoms with Gasteiger partial charge in [0.25, 0.3) is 0 Å². The molecule has 6 heteroatoms. The molecule has 2 aromatic rings. The van der Waals surface area contributed by atoms with Crippen LogP contribution < -0.4 is 15.2 Å². The van der Waals surface area contributed by atoms with Gasteiger partial charge in [-0.2, -0.15) is 0 Å². The maximum atomic E-state index is 13.5. The molecule has 0 aromatic heterocycles. The summed E-state index contributed by atoms with van der Waals surface area (Å²) >= 11 is 0. The van der Waals surface area contributed by atoms with Gasteiger partial charge in [-0.05, 0) is 18.2 Å². The van der Waals surface area contributed by atoms with Crippen LogP contribution in [0.5, 0.6) is 11.5 Å². The minimum Gasteiger partial charge on any atom is -0.490 e. The van der Waals surface area contributed by atoms with Crippen molar-refractivity contribution in [3.05, 3.63) is 53.8 Å². The molecule has 0 amide bonds. The molecule has 0 spiro atoms. The van der Waals surface area contributed by atoms with Crippen molar-refractivity contribution in [1.82, 2.24) is 0 Å².